The van der Waals surface area contributed by atoms with Gasteiger partial charge in [-0.2, -0.15) is 16.7 Å². The second-order valence-electron chi connectivity index (χ2n) is 7.05. The molecule has 9 nitrogen and oxygen atoms in total. The van der Waals surface area contributed by atoms with Gasteiger partial charge >= 0.3 is 0 Å². The fourth-order valence-electron chi connectivity index (χ4n) is 3.14. The fourth-order valence-corrected chi connectivity index (χ4v) is 3.80. The third kappa shape index (κ3) is 7.00. The number of amides is 1. The number of rotatable bonds is 12. The van der Waals surface area contributed by atoms with Gasteiger partial charge in [0.25, 0.3) is 0 Å². The van der Waals surface area contributed by atoms with E-state index in [-0.39, 0.29) is 11.1 Å². The highest BCUT2D eigenvalue weighted by Gasteiger charge is 2.19. The molecule has 1 aromatic carbocycles. The molecule has 11 heteroatoms. The number of carbonyl (C=O) groups excluding carboxylic acids is 1. The Hall–Kier alpha value is -2.98. The zero-order chi connectivity index (χ0) is 23.6. The van der Waals surface area contributed by atoms with Crippen LogP contribution >= 0.6 is 23.4 Å². The van der Waals surface area contributed by atoms with Gasteiger partial charge < -0.3 is 20.1 Å². The number of hydrogen-bond acceptors (Lipinski definition) is 8. The zero-order valence-electron chi connectivity index (χ0n) is 18.7. The van der Waals surface area contributed by atoms with Gasteiger partial charge in [0, 0.05) is 25.0 Å². The van der Waals surface area contributed by atoms with Crippen molar-refractivity contribution < 1.29 is 14.3 Å². The Bertz CT molecular complexity index is 1050. The molecule has 0 spiro atoms. The maximum Gasteiger partial charge on any atom is 0.242 e. The summed E-state index contributed by atoms with van der Waals surface area (Å²) in [5.41, 5.74) is 1.04. The topological polar surface area (TPSA) is 103 Å². The summed E-state index contributed by atoms with van der Waals surface area (Å²) in [6, 6.07) is 6.86. The first kappa shape index (κ1) is 24.7. The predicted molar refractivity (Wildman–Crippen MR) is 131 cm³/mol. The minimum Gasteiger partial charge on any atom is -0.493 e. The second kappa shape index (κ2) is 12.3. The first-order valence-electron chi connectivity index (χ1n) is 10.3. The molecule has 1 atom stereocenters. The molecule has 0 bridgehead atoms. The van der Waals surface area contributed by atoms with Crippen LogP contribution in [0.1, 0.15) is 12.0 Å². The Kier molecular flexibility index (Phi) is 9.20. The Labute approximate surface area is 202 Å². The van der Waals surface area contributed by atoms with Crippen LogP contribution in [0.25, 0.3) is 5.95 Å². The van der Waals surface area contributed by atoms with Crippen molar-refractivity contribution in [1.82, 2.24) is 24.8 Å². The van der Waals surface area contributed by atoms with E-state index in [1.54, 1.807) is 55.3 Å². The van der Waals surface area contributed by atoms with Crippen molar-refractivity contribution in [2.75, 3.05) is 38.1 Å². The van der Waals surface area contributed by atoms with E-state index in [1.807, 2.05) is 24.5 Å². The number of imidazole rings is 1. The summed E-state index contributed by atoms with van der Waals surface area (Å²) in [6.45, 7) is 0.483. The molecule has 0 saturated carbocycles. The Morgan fingerprint density at radius 1 is 1.21 bits per heavy atom. The van der Waals surface area contributed by atoms with Crippen LogP contribution in [-0.2, 0) is 11.2 Å². The molecular weight excluding hydrogens is 464 g/mol. The second-order valence-corrected chi connectivity index (χ2v) is 8.43. The average Bonchev–Trinajstić information content (AvgIpc) is 3.36. The van der Waals surface area contributed by atoms with Crippen molar-refractivity contribution >= 4 is 35.1 Å². The van der Waals surface area contributed by atoms with E-state index in [0.29, 0.717) is 42.7 Å². The van der Waals surface area contributed by atoms with E-state index >= 15 is 0 Å². The lowest BCUT2D eigenvalue weighted by atomic mass is 10.1. The summed E-state index contributed by atoms with van der Waals surface area (Å²) in [4.78, 5) is 25.6. The number of benzene rings is 1. The number of anilines is 1. The highest BCUT2D eigenvalue weighted by molar-refractivity contribution is 7.98. The predicted octanol–water partition coefficient (Wildman–Crippen LogP) is 3.23. The van der Waals surface area contributed by atoms with Crippen LogP contribution in [0.3, 0.4) is 0 Å². The minimum absolute atomic E-state index is 0.108. The molecule has 176 valence electrons. The third-order valence-corrected chi connectivity index (χ3v) is 5.67. The smallest absolute Gasteiger partial charge is 0.242 e. The molecule has 3 rings (SSSR count). The molecule has 0 aliphatic carbocycles. The van der Waals surface area contributed by atoms with Crippen LogP contribution in [0.5, 0.6) is 11.5 Å². The van der Waals surface area contributed by atoms with Crippen LogP contribution in [-0.4, -0.2) is 64.2 Å². The van der Waals surface area contributed by atoms with E-state index < -0.39 is 6.04 Å². The molecular formula is C22H27ClN6O3S. The molecule has 1 unspecified atom stereocenters. The number of halogens is 1. The number of methoxy groups -OCH3 is 2. The molecule has 0 aliphatic rings. The van der Waals surface area contributed by atoms with Crippen LogP contribution in [0.2, 0.25) is 5.15 Å². The summed E-state index contributed by atoms with van der Waals surface area (Å²) in [5.74, 6) is 2.89. The van der Waals surface area contributed by atoms with Crippen LogP contribution in [0.15, 0.2) is 43.0 Å². The van der Waals surface area contributed by atoms with Gasteiger partial charge in [0.15, 0.2) is 11.5 Å². The molecule has 0 radical (unpaired) electrons. The Morgan fingerprint density at radius 2 is 2.03 bits per heavy atom. The standard InChI is InChI=1S/C22H27ClN6O3S/c1-31-17-5-4-15(12-18(17)32-2)6-8-25-21(30)16(7-11-33-3)26-20-13-19(23)27-22(28-20)29-10-9-24-14-29/h4-5,9-10,12-14,16H,6-8,11H2,1-3H3,(H,25,30)(H,26,27,28). The SMILES string of the molecule is COc1ccc(CCNC(=O)C(CCSC)Nc2cc(Cl)nc(-n3ccnc3)n2)cc1OC. The van der Waals surface area contributed by atoms with Crippen molar-refractivity contribution in [3.63, 3.8) is 0 Å². The van der Waals surface area contributed by atoms with Gasteiger partial charge in [-0.25, -0.2) is 9.97 Å². The Balaban J connectivity index is 1.64. The molecule has 1 amide bonds. The lowest BCUT2D eigenvalue weighted by molar-refractivity contribution is -0.121. The van der Waals surface area contributed by atoms with Crippen molar-refractivity contribution in [2.45, 2.75) is 18.9 Å². The molecule has 2 heterocycles. The monoisotopic (exact) mass is 490 g/mol. The van der Waals surface area contributed by atoms with Crippen molar-refractivity contribution in [1.29, 1.82) is 0 Å². The van der Waals surface area contributed by atoms with Crippen LogP contribution in [0, 0.1) is 0 Å². The number of nitrogens with zero attached hydrogens (tertiary/aromatic N) is 4. The zero-order valence-corrected chi connectivity index (χ0v) is 20.3. The normalized spacial score (nSPS) is 11.6. The highest BCUT2D eigenvalue weighted by atomic mass is 35.5. The Morgan fingerprint density at radius 3 is 2.73 bits per heavy atom. The van der Waals surface area contributed by atoms with Crippen LogP contribution < -0.4 is 20.1 Å². The number of carbonyl (C=O) groups is 1. The molecule has 2 N–H and O–H groups in total. The molecule has 2 aromatic heterocycles. The van der Waals surface area contributed by atoms with E-state index in [9.17, 15) is 4.79 Å². The fraction of sp³-hybridized carbons (Fsp3) is 0.364. The van der Waals surface area contributed by atoms with Gasteiger partial charge in [0.1, 0.15) is 23.3 Å². The van der Waals surface area contributed by atoms with E-state index in [2.05, 4.69) is 25.6 Å². The number of ether oxygens (including phenoxy) is 2. The summed E-state index contributed by atoms with van der Waals surface area (Å²) in [7, 11) is 3.20. The molecule has 0 aliphatic heterocycles. The van der Waals surface area contributed by atoms with E-state index in [4.69, 9.17) is 21.1 Å². The van der Waals surface area contributed by atoms with Crippen LogP contribution in [0.4, 0.5) is 5.82 Å². The molecule has 0 saturated heterocycles. The molecule has 0 fully saturated rings. The van der Waals surface area contributed by atoms with Gasteiger partial charge in [-0.3, -0.25) is 9.36 Å². The van der Waals surface area contributed by atoms with Gasteiger partial charge in [0.05, 0.1) is 14.2 Å². The maximum absolute atomic E-state index is 12.9. The van der Waals surface area contributed by atoms with Gasteiger partial charge in [0.2, 0.25) is 11.9 Å². The van der Waals surface area contributed by atoms with Crippen molar-refractivity contribution in [3.8, 4) is 17.4 Å². The lowest BCUT2D eigenvalue weighted by Crippen LogP contribution is -2.41. The largest absolute Gasteiger partial charge is 0.493 e. The average molecular weight is 491 g/mol. The number of nitrogens with one attached hydrogen (secondary N) is 2. The molecule has 33 heavy (non-hydrogen) atoms. The summed E-state index contributed by atoms with van der Waals surface area (Å²) in [6.07, 6.45) is 8.23. The molecule has 3 aromatic rings. The van der Waals surface area contributed by atoms with Gasteiger partial charge in [-0.15, -0.1) is 0 Å². The summed E-state index contributed by atoms with van der Waals surface area (Å²) < 4.78 is 12.3. The number of thioether (sulfide) groups is 1. The quantitative estimate of drug-likeness (QED) is 0.373. The summed E-state index contributed by atoms with van der Waals surface area (Å²) in [5, 5.41) is 6.49. The van der Waals surface area contributed by atoms with E-state index in [0.717, 1.165) is 11.3 Å². The van der Waals surface area contributed by atoms with Gasteiger partial charge in [-0.1, -0.05) is 17.7 Å². The minimum atomic E-state index is -0.468. The van der Waals surface area contributed by atoms with E-state index in [1.165, 1.54) is 0 Å². The highest BCUT2D eigenvalue weighted by Crippen LogP contribution is 2.27. The maximum atomic E-state index is 12.9. The lowest BCUT2D eigenvalue weighted by Gasteiger charge is -2.19. The number of aromatic nitrogens is 4. The van der Waals surface area contributed by atoms with Crippen molar-refractivity contribution in [2.24, 2.45) is 0 Å². The summed E-state index contributed by atoms with van der Waals surface area (Å²) >= 11 is 7.86. The van der Waals surface area contributed by atoms with Crippen molar-refractivity contribution in [3.05, 3.63) is 53.7 Å². The first-order valence-corrected chi connectivity index (χ1v) is 12.1. The number of hydrogen-bond donors (Lipinski definition) is 2. The van der Waals surface area contributed by atoms with Gasteiger partial charge in [-0.05, 0) is 42.5 Å². The first-order chi connectivity index (χ1) is 16.0. The third-order valence-electron chi connectivity index (χ3n) is 4.83.